The third kappa shape index (κ3) is 3.82. The highest BCUT2D eigenvalue weighted by Crippen LogP contribution is 2.34. The molecule has 2 heterocycles. The summed E-state index contributed by atoms with van der Waals surface area (Å²) in [5, 5.41) is 4.87. The van der Waals surface area contributed by atoms with Gasteiger partial charge in [-0.15, -0.1) is 0 Å². The molecule has 0 saturated heterocycles. The highest BCUT2D eigenvalue weighted by atomic mass is 35.5. The number of hydrogen-bond donors (Lipinski definition) is 1. The molecule has 3 rings (SSSR count). The van der Waals surface area contributed by atoms with Crippen LogP contribution in [-0.2, 0) is 16.4 Å². The van der Waals surface area contributed by atoms with Crippen LogP contribution < -0.4 is 14.6 Å². The van der Waals surface area contributed by atoms with E-state index < -0.39 is 33.6 Å². The number of aromatic nitrogens is 3. The number of fused-ring (bicyclic) bond motifs is 1. The van der Waals surface area contributed by atoms with Crippen LogP contribution in [0.3, 0.4) is 0 Å². The summed E-state index contributed by atoms with van der Waals surface area (Å²) in [4.78, 5) is 7.62. The molecule has 0 amide bonds. The average molecular weight is 451 g/mol. The van der Waals surface area contributed by atoms with E-state index in [-0.39, 0.29) is 39.2 Å². The van der Waals surface area contributed by atoms with Gasteiger partial charge in [0.25, 0.3) is 0 Å². The number of primary sulfonamides is 1. The first-order valence-corrected chi connectivity index (χ1v) is 9.80. The number of rotatable bonds is 6. The second-order valence-corrected chi connectivity index (χ2v) is 7.72. The molecule has 0 radical (unpaired) electrons. The van der Waals surface area contributed by atoms with Crippen LogP contribution in [-0.4, -0.2) is 43.6 Å². The van der Waals surface area contributed by atoms with Gasteiger partial charge in [-0.2, -0.15) is 9.97 Å². The van der Waals surface area contributed by atoms with Crippen molar-refractivity contribution in [3.63, 3.8) is 0 Å². The summed E-state index contributed by atoms with van der Waals surface area (Å²) in [7, 11) is -1.86. The number of hydrogen-bond acceptors (Lipinski definition) is 6. The molecule has 0 aliphatic carbocycles. The van der Waals surface area contributed by atoms with E-state index in [9.17, 15) is 21.6 Å². The Morgan fingerprint density at radius 2 is 1.79 bits per heavy atom. The molecule has 1 aromatic carbocycles. The molecule has 2 N–H and O–H groups in total. The predicted molar refractivity (Wildman–Crippen MR) is 98.0 cm³/mol. The Morgan fingerprint density at radius 1 is 1.21 bits per heavy atom. The Kier molecular flexibility index (Phi) is 5.61. The minimum absolute atomic E-state index is 0.0624. The minimum atomic E-state index is -4.25. The molecule has 8 nitrogen and oxygen atoms in total. The van der Waals surface area contributed by atoms with Gasteiger partial charge in [-0.25, -0.2) is 26.7 Å². The second-order valence-electron chi connectivity index (χ2n) is 5.78. The Morgan fingerprint density at radius 3 is 2.28 bits per heavy atom. The zero-order valence-corrected chi connectivity index (χ0v) is 16.6. The van der Waals surface area contributed by atoms with Crippen LogP contribution >= 0.6 is 11.6 Å². The van der Waals surface area contributed by atoms with E-state index in [1.54, 1.807) is 0 Å². The van der Waals surface area contributed by atoms with E-state index in [1.807, 2.05) is 0 Å². The maximum absolute atomic E-state index is 14.8. The van der Waals surface area contributed by atoms with Crippen LogP contribution in [0.15, 0.2) is 23.2 Å². The van der Waals surface area contributed by atoms with E-state index in [0.717, 1.165) is 10.8 Å². The van der Waals surface area contributed by atoms with Crippen LogP contribution in [0.4, 0.5) is 13.2 Å². The average Bonchev–Trinajstić information content (AvgIpc) is 3.05. The number of methoxy groups -OCH3 is 2. The van der Waals surface area contributed by atoms with E-state index in [0.29, 0.717) is 0 Å². The standard InChI is InChI=1S/C16H14ClF3N4O4S/c1-27-14-8(5-11(18)19)15(28-2)23-16(22-14)24-6-10(29(21,25)26)7-3-4-9(17)12(20)13(7)24/h3-4,6,11H,5H2,1-2H3,(H2,21,25,26). The van der Waals surface area contributed by atoms with Gasteiger partial charge in [-0.3, -0.25) is 4.57 Å². The van der Waals surface area contributed by atoms with Crippen LogP contribution in [0.1, 0.15) is 5.56 Å². The van der Waals surface area contributed by atoms with Crippen molar-refractivity contribution in [2.24, 2.45) is 5.14 Å². The topological polar surface area (TPSA) is 109 Å². The molecule has 156 valence electrons. The highest BCUT2D eigenvalue weighted by molar-refractivity contribution is 7.89. The fourth-order valence-corrected chi connectivity index (χ4v) is 3.69. The first-order valence-electron chi connectivity index (χ1n) is 7.87. The van der Waals surface area contributed by atoms with Gasteiger partial charge in [-0.05, 0) is 12.1 Å². The number of ether oxygens (including phenoxy) is 2. The molecule has 29 heavy (non-hydrogen) atoms. The summed E-state index contributed by atoms with van der Waals surface area (Å²) in [6.07, 6.45) is -2.48. The summed E-state index contributed by atoms with van der Waals surface area (Å²) >= 11 is 5.83. The van der Waals surface area contributed by atoms with Crippen molar-refractivity contribution in [2.45, 2.75) is 17.7 Å². The van der Waals surface area contributed by atoms with Crippen molar-refractivity contribution >= 4 is 32.5 Å². The minimum Gasteiger partial charge on any atom is -0.481 e. The van der Waals surface area contributed by atoms with Gasteiger partial charge in [0.05, 0.1) is 30.3 Å². The fourth-order valence-electron chi connectivity index (χ4n) is 2.82. The van der Waals surface area contributed by atoms with E-state index in [1.165, 1.54) is 26.4 Å². The predicted octanol–water partition coefficient (Wildman–Crippen LogP) is 2.69. The van der Waals surface area contributed by atoms with Gasteiger partial charge in [0.1, 0.15) is 4.90 Å². The van der Waals surface area contributed by atoms with E-state index >= 15 is 0 Å². The fraction of sp³-hybridized carbons (Fsp3) is 0.250. The molecule has 0 fully saturated rings. The third-order valence-corrected chi connectivity index (χ3v) is 5.24. The normalized spacial score (nSPS) is 12.0. The van der Waals surface area contributed by atoms with Crippen LogP contribution in [0.2, 0.25) is 5.02 Å². The summed E-state index contributed by atoms with van der Waals surface area (Å²) in [5.41, 5.74) is -0.373. The second kappa shape index (κ2) is 7.69. The number of benzene rings is 1. The van der Waals surface area contributed by atoms with Gasteiger partial charge in [-0.1, -0.05) is 11.6 Å². The van der Waals surface area contributed by atoms with Gasteiger partial charge in [0, 0.05) is 18.0 Å². The van der Waals surface area contributed by atoms with Crippen molar-refractivity contribution in [1.82, 2.24) is 14.5 Å². The zero-order valence-electron chi connectivity index (χ0n) is 15.0. The molecular formula is C16H14ClF3N4O4S. The number of alkyl halides is 2. The van der Waals surface area contributed by atoms with Crippen LogP contribution in [0.25, 0.3) is 16.9 Å². The van der Waals surface area contributed by atoms with E-state index in [2.05, 4.69) is 9.97 Å². The number of sulfonamides is 1. The number of halogens is 4. The maximum atomic E-state index is 14.8. The Bertz CT molecular complexity index is 1180. The molecule has 0 spiro atoms. The smallest absolute Gasteiger partial charge is 0.243 e. The van der Waals surface area contributed by atoms with Gasteiger partial charge >= 0.3 is 0 Å². The molecule has 0 bridgehead atoms. The molecule has 0 atom stereocenters. The number of nitrogens with zero attached hydrogens (tertiary/aromatic N) is 3. The number of nitrogens with two attached hydrogens (primary N) is 1. The monoisotopic (exact) mass is 450 g/mol. The summed E-state index contributed by atoms with van der Waals surface area (Å²) in [6, 6.07) is 2.45. The lowest BCUT2D eigenvalue weighted by Crippen LogP contribution is -2.12. The van der Waals surface area contributed by atoms with E-state index in [4.69, 9.17) is 26.2 Å². The molecule has 13 heteroatoms. The molecule has 0 saturated carbocycles. The van der Waals surface area contributed by atoms with Gasteiger partial charge in [0.2, 0.25) is 34.2 Å². The molecule has 0 unspecified atom stereocenters. The third-order valence-electron chi connectivity index (χ3n) is 4.01. The SMILES string of the molecule is COc1nc(-n2cc(S(N)(=O)=O)c3ccc(Cl)c(F)c32)nc(OC)c1CC(F)F. The quantitative estimate of drug-likeness (QED) is 0.618. The van der Waals surface area contributed by atoms with Crippen molar-refractivity contribution in [3.8, 4) is 17.7 Å². The molecule has 2 aromatic heterocycles. The van der Waals surface area contributed by atoms with Crippen molar-refractivity contribution in [1.29, 1.82) is 0 Å². The van der Waals surface area contributed by atoms with Crippen molar-refractivity contribution in [2.75, 3.05) is 14.2 Å². The van der Waals surface area contributed by atoms with Gasteiger partial charge in [0.15, 0.2) is 5.82 Å². The largest absolute Gasteiger partial charge is 0.481 e. The Hall–Kier alpha value is -2.57. The zero-order chi connectivity index (χ0) is 21.5. The van der Waals surface area contributed by atoms with Crippen molar-refractivity contribution < 1.29 is 31.1 Å². The molecule has 0 aliphatic rings. The molecular weight excluding hydrogens is 437 g/mol. The highest BCUT2D eigenvalue weighted by Gasteiger charge is 2.26. The van der Waals surface area contributed by atoms with Crippen LogP contribution in [0.5, 0.6) is 11.8 Å². The summed E-state index contributed by atoms with van der Waals surface area (Å²) in [6.45, 7) is 0. The summed E-state index contributed by atoms with van der Waals surface area (Å²) in [5.74, 6) is -1.72. The summed E-state index contributed by atoms with van der Waals surface area (Å²) < 4.78 is 75.5. The van der Waals surface area contributed by atoms with Crippen molar-refractivity contribution in [3.05, 3.63) is 34.7 Å². The molecule has 0 aliphatic heterocycles. The first-order chi connectivity index (χ1) is 13.6. The Labute approximate surface area is 168 Å². The lowest BCUT2D eigenvalue weighted by Gasteiger charge is -2.14. The van der Waals surface area contributed by atoms with Crippen LogP contribution in [0, 0.1) is 5.82 Å². The Balaban J connectivity index is 2.38. The first kappa shape index (κ1) is 21.1. The molecule has 3 aromatic rings. The lowest BCUT2D eigenvalue weighted by molar-refractivity contribution is 0.146. The lowest BCUT2D eigenvalue weighted by atomic mass is 10.2. The maximum Gasteiger partial charge on any atom is 0.243 e. The van der Waals surface area contributed by atoms with Gasteiger partial charge < -0.3 is 9.47 Å².